The summed E-state index contributed by atoms with van der Waals surface area (Å²) in [6, 6.07) is 7.77. The molecule has 1 amide bonds. The lowest BCUT2D eigenvalue weighted by Crippen LogP contribution is -2.32. The summed E-state index contributed by atoms with van der Waals surface area (Å²) in [6.45, 7) is 6.31. The number of methoxy groups -OCH3 is 1. The molecule has 150 valence electrons. The Bertz CT molecular complexity index is 601. The largest absolute Gasteiger partial charge is 0.493 e. The van der Waals surface area contributed by atoms with Crippen LogP contribution in [0.5, 0.6) is 5.75 Å². The third-order valence-electron chi connectivity index (χ3n) is 4.26. The molecule has 0 bridgehead atoms. The second-order valence-electron chi connectivity index (χ2n) is 6.45. The van der Waals surface area contributed by atoms with Crippen molar-refractivity contribution in [1.82, 2.24) is 10.2 Å². The van der Waals surface area contributed by atoms with Gasteiger partial charge in [0, 0.05) is 57.9 Å². The minimum absolute atomic E-state index is 0.193. The normalized spacial score (nSPS) is 14.3. The van der Waals surface area contributed by atoms with Gasteiger partial charge in [0.1, 0.15) is 5.75 Å². The molecule has 1 aromatic carbocycles. The quantitative estimate of drug-likeness (QED) is 0.373. The second-order valence-corrected chi connectivity index (χ2v) is 6.45. The van der Waals surface area contributed by atoms with Crippen LogP contribution in [0.3, 0.4) is 0 Å². The number of rotatable bonds is 10. The van der Waals surface area contributed by atoms with Crippen molar-refractivity contribution in [3.63, 3.8) is 0 Å². The van der Waals surface area contributed by atoms with Crippen LogP contribution >= 0.6 is 0 Å². The Morgan fingerprint density at radius 3 is 2.81 bits per heavy atom. The Morgan fingerprint density at radius 1 is 1.26 bits per heavy atom. The minimum atomic E-state index is 0.193. The average molecular weight is 377 g/mol. The fraction of sp³-hybridized carbons (Fsp3) is 0.600. The first-order chi connectivity index (χ1) is 13.2. The number of carbonyl (C=O) groups is 1. The van der Waals surface area contributed by atoms with Crippen LogP contribution in [0.2, 0.25) is 0 Å². The van der Waals surface area contributed by atoms with Gasteiger partial charge in [-0.05, 0) is 31.9 Å². The second kappa shape index (κ2) is 12.2. The molecule has 0 aromatic heterocycles. The zero-order valence-electron chi connectivity index (χ0n) is 16.5. The average Bonchev–Trinajstić information content (AvgIpc) is 3.21. The summed E-state index contributed by atoms with van der Waals surface area (Å²) in [6.07, 6.45) is 3.52. The SMILES string of the molecule is CCNC(=NCCC(=O)N1CCCC1)Nc1cccc(OCCCOC)c1. The predicted molar refractivity (Wildman–Crippen MR) is 108 cm³/mol. The van der Waals surface area contributed by atoms with Gasteiger partial charge < -0.3 is 25.0 Å². The summed E-state index contributed by atoms with van der Waals surface area (Å²) in [5.41, 5.74) is 0.893. The number of hydrogen-bond acceptors (Lipinski definition) is 4. The maximum atomic E-state index is 12.1. The number of guanidine groups is 1. The van der Waals surface area contributed by atoms with Gasteiger partial charge in [0.2, 0.25) is 5.91 Å². The summed E-state index contributed by atoms with van der Waals surface area (Å²) in [4.78, 5) is 18.6. The van der Waals surface area contributed by atoms with E-state index in [9.17, 15) is 4.79 Å². The van der Waals surface area contributed by atoms with Crippen LogP contribution in [0.15, 0.2) is 29.3 Å². The van der Waals surface area contributed by atoms with Gasteiger partial charge >= 0.3 is 0 Å². The van der Waals surface area contributed by atoms with E-state index in [2.05, 4.69) is 15.6 Å². The van der Waals surface area contributed by atoms with E-state index < -0.39 is 0 Å². The number of hydrogen-bond donors (Lipinski definition) is 2. The summed E-state index contributed by atoms with van der Waals surface area (Å²) < 4.78 is 10.8. The first-order valence-corrected chi connectivity index (χ1v) is 9.78. The maximum Gasteiger partial charge on any atom is 0.224 e. The molecule has 2 rings (SSSR count). The van der Waals surface area contributed by atoms with Crippen LogP contribution in [0.1, 0.15) is 32.6 Å². The van der Waals surface area contributed by atoms with Crippen LogP contribution in [-0.2, 0) is 9.53 Å². The number of nitrogens with zero attached hydrogens (tertiary/aromatic N) is 2. The van der Waals surface area contributed by atoms with Gasteiger partial charge in [0.05, 0.1) is 13.2 Å². The lowest BCUT2D eigenvalue weighted by molar-refractivity contribution is -0.129. The fourth-order valence-corrected chi connectivity index (χ4v) is 2.89. The molecule has 2 N–H and O–H groups in total. The van der Waals surface area contributed by atoms with Crippen LogP contribution < -0.4 is 15.4 Å². The lowest BCUT2D eigenvalue weighted by Gasteiger charge is -2.15. The standard InChI is InChI=1S/C20H32N4O3/c1-3-21-20(22-11-10-19(25)24-12-4-5-13-24)23-17-8-6-9-18(16-17)27-15-7-14-26-2/h6,8-9,16H,3-5,7,10-15H2,1-2H3,(H2,21,22,23). The zero-order chi connectivity index (χ0) is 19.3. The van der Waals surface area contributed by atoms with Crippen molar-refractivity contribution < 1.29 is 14.3 Å². The highest BCUT2D eigenvalue weighted by Gasteiger charge is 2.17. The third kappa shape index (κ3) is 7.86. The molecule has 1 aliphatic heterocycles. The van der Waals surface area contributed by atoms with Gasteiger partial charge in [-0.2, -0.15) is 0 Å². The molecule has 7 heteroatoms. The topological polar surface area (TPSA) is 75.2 Å². The Kier molecular flexibility index (Phi) is 9.48. The van der Waals surface area contributed by atoms with Crippen molar-refractivity contribution in [3.05, 3.63) is 24.3 Å². The molecule has 1 saturated heterocycles. The Morgan fingerprint density at radius 2 is 2.07 bits per heavy atom. The van der Waals surface area contributed by atoms with Crippen LogP contribution in [-0.4, -0.2) is 63.3 Å². The number of carbonyl (C=O) groups excluding carboxylic acids is 1. The molecule has 0 saturated carbocycles. The number of anilines is 1. The highest BCUT2D eigenvalue weighted by atomic mass is 16.5. The number of likely N-dealkylation sites (tertiary alicyclic amines) is 1. The molecule has 27 heavy (non-hydrogen) atoms. The number of amides is 1. The Balaban J connectivity index is 1.85. The lowest BCUT2D eigenvalue weighted by atomic mass is 10.3. The van der Waals surface area contributed by atoms with E-state index in [4.69, 9.17) is 9.47 Å². The predicted octanol–water partition coefficient (Wildman–Crippen LogP) is 2.49. The number of ether oxygens (including phenoxy) is 2. The van der Waals surface area contributed by atoms with Crippen LogP contribution in [0.4, 0.5) is 5.69 Å². The van der Waals surface area contributed by atoms with Gasteiger partial charge in [0.15, 0.2) is 5.96 Å². The summed E-state index contributed by atoms with van der Waals surface area (Å²) in [7, 11) is 1.69. The van der Waals surface area contributed by atoms with Gasteiger partial charge in [-0.1, -0.05) is 6.07 Å². The Labute approximate surface area is 162 Å². The van der Waals surface area contributed by atoms with Gasteiger partial charge in [0.25, 0.3) is 0 Å². The zero-order valence-corrected chi connectivity index (χ0v) is 16.5. The Hall–Kier alpha value is -2.28. The van der Waals surface area contributed by atoms with E-state index >= 15 is 0 Å². The number of benzene rings is 1. The van der Waals surface area contributed by atoms with E-state index in [0.29, 0.717) is 32.1 Å². The van der Waals surface area contributed by atoms with E-state index in [-0.39, 0.29) is 5.91 Å². The van der Waals surface area contributed by atoms with E-state index in [0.717, 1.165) is 50.3 Å². The first kappa shape index (κ1) is 21.0. The summed E-state index contributed by atoms with van der Waals surface area (Å²) in [5.74, 6) is 1.66. The monoisotopic (exact) mass is 376 g/mol. The molecule has 7 nitrogen and oxygen atoms in total. The molecule has 1 aromatic rings. The van der Waals surface area contributed by atoms with Crippen molar-refractivity contribution in [2.24, 2.45) is 4.99 Å². The van der Waals surface area contributed by atoms with E-state index in [1.54, 1.807) is 7.11 Å². The van der Waals surface area contributed by atoms with Gasteiger partial charge in [-0.25, -0.2) is 0 Å². The van der Waals surface area contributed by atoms with E-state index in [1.807, 2.05) is 36.1 Å². The molecule has 0 atom stereocenters. The molecule has 1 aliphatic rings. The van der Waals surface area contributed by atoms with Gasteiger partial charge in [-0.15, -0.1) is 0 Å². The molecule has 1 fully saturated rings. The highest BCUT2D eigenvalue weighted by molar-refractivity contribution is 5.93. The molecule has 0 radical (unpaired) electrons. The number of nitrogens with one attached hydrogen (secondary N) is 2. The van der Waals surface area contributed by atoms with Crippen molar-refractivity contribution in [3.8, 4) is 5.75 Å². The van der Waals surface area contributed by atoms with E-state index in [1.165, 1.54) is 0 Å². The van der Waals surface area contributed by atoms with Crippen LogP contribution in [0, 0.1) is 0 Å². The summed E-state index contributed by atoms with van der Waals surface area (Å²) >= 11 is 0. The minimum Gasteiger partial charge on any atom is -0.493 e. The third-order valence-corrected chi connectivity index (χ3v) is 4.26. The fourth-order valence-electron chi connectivity index (χ4n) is 2.89. The first-order valence-electron chi connectivity index (χ1n) is 9.78. The molecule has 0 aliphatic carbocycles. The smallest absolute Gasteiger partial charge is 0.224 e. The van der Waals surface area contributed by atoms with Crippen molar-refractivity contribution in [2.75, 3.05) is 51.8 Å². The summed E-state index contributed by atoms with van der Waals surface area (Å²) in [5, 5.41) is 6.48. The molecular formula is C20H32N4O3. The molecule has 0 spiro atoms. The maximum absolute atomic E-state index is 12.1. The molecule has 1 heterocycles. The highest BCUT2D eigenvalue weighted by Crippen LogP contribution is 2.17. The van der Waals surface area contributed by atoms with Crippen molar-refractivity contribution in [2.45, 2.75) is 32.6 Å². The molecule has 0 unspecified atom stereocenters. The molecular weight excluding hydrogens is 344 g/mol. The van der Waals surface area contributed by atoms with Crippen molar-refractivity contribution >= 4 is 17.6 Å². The van der Waals surface area contributed by atoms with Crippen molar-refractivity contribution in [1.29, 1.82) is 0 Å². The number of aliphatic imine (C=N–C) groups is 1. The van der Waals surface area contributed by atoms with Gasteiger partial charge in [-0.3, -0.25) is 9.79 Å². The van der Waals surface area contributed by atoms with Crippen LogP contribution in [0.25, 0.3) is 0 Å².